The fourth-order valence-corrected chi connectivity index (χ4v) is 1.73. The molecule has 16 heavy (non-hydrogen) atoms. The van der Waals surface area contributed by atoms with E-state index in [0.29, 0.717) is 0 Å². The molecule has 0 spiro atoms. The van der Waals surface area contributed by atoms with Gasteiger partial charge in [-0.25, -0.2) is 0 Å². The molecule has 0 bridgehead atoms. The van der Waals surface area contributed by atoms with Gasteiger partial charge in [0.2, 0.25) is 0 Å². The van der Waals surface area contributed by atoms with Crippen LogP contribution in [0.15, 0.2) is 43.0 Å². The minimum absolute atomic E-state index is 1.09. The van der Waals surface area contributed by atoms with E-state index < -0.39 is 0 Å². The fraction of sp³-hybridized carbons (Fsp3) is 0.467. The normalized spacial score (nSPS) is 10.0. The van der Waals surface area contributed by atoms with E-state index in [1.807, 2.05) is 12.1 Å². The Kier molecular flexibility index (Phi) is 7.23. The molecule has 0 amide bonds. The highest BCUT2D eigenvalue weighted by Crippen LogP contribution is 2.08. The number of nitrogens with one attached hydrogen (secondary N) is 1. The predicted octanol–water partition coefficient (Wildman–Crippen LogP) is 4.63. The maximum atomic E-state index is 3.73. The van der Waals surface area contributed by atoms with Gasteiger partial charge in [-0.3, -0.25) is 0 Å². The molecule has 1 aromatic carbocycles. The zero-order chi connectivity index (χ0) is 11.5. The molecule has 0 saturated heterocycles. The van der Waals surface area contributed by atoms with Crippen LogP contribution in [0.4, 0.5) is 5.69 Å². The van der Waals surface area contributed by atoms with Crippen LogP contribution in [0.5, 0.6) is 0 Å². The van der Waals surface area contributed by atoms with E-state index in [-0.39, 0.29) is 0 Å². The Labute approximate surface area is 99.6 Å². The lowest BCUT2D eigenvalue weighted by Crippen LogP contribution is -2.00. The number of allylic oxidation sites excluding steroid dienone is 1. The van der Waals surface area contributed by atoms with Gasteiger partial charge < -0.3 is 5.32 Å². The summed E-state index contributed by atoms with van der Waals surface area (Å²) in [5.74, 6) is 0. The molecule has 0 fully saturated rings. The van der Waals surface area contributed by atoms with Crippen molar-refractivity contribution in [3.8, 4) is 0 Å². The molecule has 0 heterocycles. The number of rotatable bonds is 9. The van der Waals surface area contributed by atoms with E-state index in [1.165, 1.54) is 44.2 Å². The lowest BCUT2D eigenvalue weighted by molar-refractivity contribution is 0.629. The zero-order valence-electron chi connectivity index (χ0n) is 10.1. The average Bonchev–Trinajstić information content (AvgIpc) is 2.34. The van der Waals surface area contributed by atoms with Gasteiger partial charge in [0.15, 0.2) is 0 Å². The van der Waals surface area contributed by atoms with Crippen LogP contribution >= 0.6 is 0 Å². The molecule has 1 nitrogen and oxygen atoms in total. The van der Waals surface area contributed by atoms with Crippen molar-refractivity contribution in [2.75, 3.05) is 11.9 Å². The summed E-state index contributed by atoms with van der Waals surface area (Å²) in [6.07, 6.45) is 9.77. The largest absolute Gasteiger partial charge is 0.385 e. The molecule has 0 unspecified atom stereocenters. The summed E-state index contributed by atoms with van der Waals surface area (Å²) in [4.78, 5) is 0. The van der Waals surface area contributed by atoms with Crippen LogP contribution < -0.4 is 5.32 Å². The molecule has 1 heteroatoms. The lowest BCUT2D eigenvalue weighted by Gasteiger charge is -2.05. The van der Waals surface area contributed by atoms with Crippen molar-refractivity contribution in [1.29, 1.82) is 0 Å². The second-order valence-electron chi connectivity index (χ2n) is 4.14. The molecule has 1 rings (SSSR count). The van der Waals surface area contributed by atoms with Crippen LogP contribution in [0.1, 0.15) is 38.5 Å². The van der Waals surface area contributed by atoms with Gasteiger partial charge in [-0.2, -0.15) is 0 Å². The van der Waals surface area contributed by atoms with E-state index >= 15 is 0 Å². The van der Waals surface area contributed by atoms with Crippen LogP contribution in [0, 0.1) is 0 Å². The first kappa shape index (κ1) is 12.8. The van der Waals surface area contributed by atoms with Crippen LogP contribution in [-0.4, -0.2) is 6.54 Å². The first-order chi connectivity index (χ1) is 7.93. The standard InChI is InChI=1S/C15H23N/c1-2-3-4-5-6-7-11-14-16-15-12-9-8-10-13-15/h2,8-10,12-13,16H,1,3-7,11,14H2. The van der Waals surface area contributed by atoms with Gasteiger partial charge >= 0.3 is 0 Å². The summed E-state index contributed by atoms with van der Waals surface area (Å²) in [6, 6.07) is 10.4. The third-order valence-electron chi connectivity index (χ3n) is 2.69. The Morgan fingerprint density at radius 3 is 2.38 bits per heavy atom. The molecule has 0 saturated carbocycles. The van der Waals surface area contributed by atoms with Crippen molar-refractivity contribution in [2.45, 2.75) is 38.5 Å². The van der Waals surface area contributed by atoms with Gasteiger partial charge in [0, 0.05) is 12.2 Å². The quantitative estimate of drug-likeness (QED) is 0.470. The van der Waals surface area contributed by atoms with E-state index in [9.17, 15) is 0 Å². The number of hydrogen-bond donors (Lipinski definition) is 1. The number of unbranched alkanes of at least 4 members (excludes halogenated alkanes) is 5. The Balaban J connectivity index is 1.90. The highest BCUT2D eigenvalue weighted by molar-refractivity contribution is 5.42. The summed E-state index contributed by atoms with van der Waals surface area (Å²) < 4.78 is 0. The number of anilines is 1. The molecular formula is C15H23N. The topological polar surface area (TPSA) is 12.0 Å². The molecule has 1 N–H and O–H groups in total. The highest BCUT2D eigenvalue weighted by Gasteiger charge is 1.91. The van der Waals surface area contributed by atoms with Crippen molar-refractivity contribution in [3.05, 3.63) is 43.0 Å². The first-order valence-electron chi connectivity index (χ1n) is 6.33. The second kappa shape index (κ2) is 9.02. The lowest BCUT2D eigenvalue weighted by atomic mass is 10.1. The van der Waals surface area contributed by atoms with Crippen molar-refractivity contribution in [2.24, 2.45) is 0 Å². The van der Waals surface area contributed by atoms with Crippen LogP contribution in [0.3, 0.4) is 0 Å². The van der Waals surface area contributed by atoms with Crippen molar-refractivity contribution >= 4 is 5.69 Å². The predicted molar refractivity (Wildman–Crippen MR) is 72.8 cm³/mol. The Hall–Kier alpha value is -1.24. The molecule has 0 atom stereocenters. The van der Waals surface area contributed by atoms with Crippen molar-refractivity contribution < 1.29 is 0 Å². The van der Waals surface area contributed by atoms with Gasteiger partial charge in [0.25, 0.3) is 0 Å². The smallest absolute Gasteiger partial charge is 0.0340 e. The molecule has 0 aliphatic carbocycles. The fourth-order valence-electron chi connectivity index (χ4n) is 1.73. The molecule has 0 aromatic heterocycles. The van der Waals surface area contributed by atoms with Crippen LogP contribution in [-0.2, 0) is 0 Å². The minimum atomic E-state index is 1.09. The molecule has 0 aliphatic rings. The summed E-state index contributed by atoms with van der Waals surface area (Å²) in [6.45, 7) is 4.82. The molecule has 0 radical (unpaired) electrons. The monoisotopic (exact) mass is 217 g/mol. The van der Waals surface area contributed by atoms with Gasteiger partial charge in [-0.1, -0.05) is 43.5 Å². The van der Waals surface area contributed by atoms with Crippen molar-refractivity contribution in [1.82, 2.24) is 0 Å². The maximum Gasteiger partial charge on any atom is 0.0340 e. The third kappa shape index (κ3) is 6.28. The Morgan fingerprint density at radius 1 is 0.938 bits per heavy atom. The molecule has 0 aliphatic heterocycles. The zero-order valence-corrected chi connectivity index (χ0v) is 10.1. The summed E-state index contributed by atoms with van der Waals surface area (Å²) in [5.41, 5.74) is 1.23. The summed E-state index contributed by atoms with van der Waals surface area (Å²) >= 11 is 0. The number of benzene rings is 1. The summed E-state index contributed by atoms with van der Waals surface area (Å²) in [7, 11) is 0. The highest BCUT2D eigenvalue weighted by atomic mass is 14.9. The minimum Gasteiger partial charge on any atom is -0.385 e. The van der Waals surface area contributed by atoms with Crippen molar-refractivity contribution in [3.63, 3.8) is 0 Å². The molecular weight excluding hydrogens is 194 g/mol. The van der Waals surface area contributed by atoms with Crippen LogP contribution in [0.2, 0.25) is 0 Å². The van der Waals surface area contributed by atoms with Gasteiger partial charge in [-0.05, 0) is 31.4 Å². The first-order valence-corrected chi connectivity index (χ1v) is 6.33. The van der Waals surface area contributed by atoms with Gasteiger partial charge in [0.05, 0.1) is 0 Å². The second-order valence-corrected chi connectivity index (χ2v) is 4.14. The van der Waals surface area contributed by atoms with Gasteiger partial charge in [0.1, 0.15) is 0 Å². The van der Waals surface area contributed by atoms with E-state index in [0.717, 1.165) is 6.54 Å². The van der Waals surface area contributed by atoms with E-state index in [4.69, 9.17) is 0 Å². The van der Waals surface area contributed by atoms with Gasteiger partial charge in [-0.15, -0.1) is 6.58 Å². The third-order valence-corrected chi connectivity index (χ3v) is 2.69. The maximum absolute atomic E-state index is 3.73. The Bertz CT molecular complexity index is 266. The number of para-hydroxylation sites is 1. The summed E-state index contributed by atoms with van der Waals surface area (Å²) in [5, 5.41) is 3.43. The van der Waals surface area contributed by atoms with Crippen LogP contribution in [0.25, 0.3) is 0 Å². The number of hydrogen-bond acceptors (Lipinski definition) is 1. The Morgan fingerprint density at radius 2 is 1.62 bits per heavy atom. The molecule has 1 aromatic rings. The SMILES string of the molecule is C=CCCCCCCCNc1ccccc1. The van der Waals surface area contributed by atoms with E-state index in [2.05, 4.69) is 36.2 Å². The van der Waals surface area contributed by atoms with E-state index in [1.54, 1.807) is 0 Å². The molecule has 88 valence electrons. The average molecular weight is 217 g/mol.